The number of hydrogen-bond donors (Lipinski definition) is 1. The third kappa shape index (κ3) is 2.80. The first-order valence-electron chi connectivity index (χ1n) is 6.37. The summed E-state index contributed by atoms with van der Waals surface area (Å²) >= 11 is 0. The van der Waals surface area contributed by atoms with Crippen LogP contribution in [-0.4, -0.2) is 58.4 Å². The third-order valence-electron chi connectivity index (χ3n) is 3.63. The molecule has 1 N–H and O–H groups in total. The van der Waals surface area contributed by atoms with E-state index in [9.17, 15) is 14.4 Å². The van der Waals surface area contributed by atoms with E-state index in [0.29, 0.717) is 32.5 Å². The lowest BCUT2D eigenvalue weighted by Crippen LogP contribution is -2.53. The van der Waals surface area contributed by atoms with Gasteiger partial charge < -0.3 is 14.9 Å². The zero-order chi connectivity index (χ0) is 13.1. The van der Waals surface area contributed by atoms with Crippen LogP contribution < -0.4 is 0 Å². The summed E-state index contributed by atoms with van der Waals surface area (Å²) < 4.78 is 0. The van der Waals surface area contributed by atoms with Crippen LogP contribution in [0.1, 0.15) is 32.1 Å². The molecular weight excluding hydrogens is 236 g/mol. The Morgan fingerprint density at radius 2 is 2.06 bits per heavy atom. The van der Waals surface area contributed by atoms with E-state index in [2.05, 4.69) is 0 Å². The van der Waals surface area contributed by atoms with E-state index in [0.717, 1.165) is 6.42 Å². The molecule has 0 saturated carbocycles. The second-order valence-electron chi connectivity index (χ2n) is 4.87. The molecule has 0 spiro atoms. The summed E-state index contributed by atoms with van der Waals surface area (Å²) in [6.07, 6.45) is 2.13. The minimum Gasteiger partial charge on any atom is -0.481 e. The molecule has 2 heterocycles. The minimum atomic E-state index is -0.867. The molecule has 2 aliphatic rings. The number of nitrogens with zero attached hydrogens (tertiary/aromatic N) is 2. The second kappa shape index (κ2) is 5.37. The number of hydrogen-bond acceptors (Lipinski definition) is 3. The van der Waals surface area contributed by atoms with Crippen LogP contribution in [0.2, 0.25) is 0 Å². The Bertz CT molecular complexity index is 369. The lowest BCUT2D eigenvalue weighted by molar-refractivity contribution is -0.140. The summed E-state index contributed by atoms with van der Waals surface area (Å²) in [6, 6.07) is 0.176. The van der Waals surface area contributed by atoms with Gasteiger partial charge in [-0.2, -0.15) is 0 Å². The monoisotopic (exact) mass is 254 g/mol. The maximum absolute atomic E-state index is 11.9. The van der Waals surface area contributed by atoms with E-state index < -0.39 is 5.97 Å². The van der Waals surface area contributed by atoms with Crippen LogP contribution in [0.4, 0.5) is 0 Å². The molecule has 0 bridgehead atoms. The van der Waals surface area contributed by atoms with Crippen LogP contribution in [0.3, 0.4) is 0 Å². The van der Waals surface area contributed by atoms with E-state index in [1.165, 1.54) is 0 Å². The topological polar surface area (TPSA) is 77.9 Å². The van der Waals surface area contributed by atoms with E-state index in [-0.39, 0.29) is 30.7 Å². The number of carboxylic acid groups (broad SMARTS) is 1. The van der Waals surface area contributed by atoms with Crippen molar-refractivity contribution in [2.45, 2.75) is 38.1 Å². The van der Waals surface area contributed by atoms with Crippen molar-refractivity contribution >= 4 is 17.8 Å². The summed E-state index contributed by atoms with van der Waals surface area (Å²) in [5.41, 5.74) is 0. The molecule has 0 aromatic carbocycles. The van der Waals surface area contributed by atoms with Crippen LogP contribution in [0, 0.1) is 0 Å². The molecule has 2 fully saturated rings. The predicted octanol–water partition coefficient (Wildman–Crippen LogP) is 0.0745. The van der Waals surface area contributed by atoms with Crippen molar-refractivity contribution in [2.24, 2.45) is 0 Å². The van der Waals surface area contributed by atoms with E-state index in [1.807, 2.05) is 4.90 Å². The number of carboxylic acids is 1. The molecule has 0 aromatic heterocycles. The lowest BCUT2D eigenvalue weighted by atomic mass is 10.1. The standard InChI is InChI=1S/C12H18N2O4/c15-10(2-1-3-12(17)18)13-6-7-14-9(8-13)4-5-11(14)16/h9H,1-8H2,(H,17,18). The van der Waals surface area contributed by atoms with Gasteiger partial charge in [-0.05, 0) is 12.8 Å². The summed E-state index contributed by atoms with van der Waals surface area (Å²) in [7, 11) is 0. The molecule has 2 aliphatic heterocycles. The number of amides is 2. The van der Waals surface area contributed by atoms with Crippen LogP contribution in [0.25, 0.3) is 0 Å². The average molecular weight is 254 g/mol. The van der Waals surface area contributed by atoms with Crippen LogP contribution in [0.5, 0.6) is 0 Å². The minimum absolute atomic E-state index is 0.00949. The van der Waals surface area contributed by atoms with Crippen molar-refractivity contribution < 1.29 is 19.5 Å². The largest absolute Gasteiger partial charge is 0.481 e. The van der Waals surface area contributed by atoms with Gasteiger partial charge in [-0.3, -0.25) is 14.4 Å². The summed E-state index contributed by atoms with van der Waals surface area (Å²) in [5, 5.41) is 8.52. The highest BCUT2D eigenvalue weighted by atomic mass is 16.4. The molecule has 0 aliphatic carbocycles. The normalized spacial score (nSPS) is 23.1. The molecule has 6 nitrogen and oxygen atoms in total. The molecule has 1 unspecified atom stereocenters. The van der Waals surface area contributed by atoms with Crippen molar-refractivity contribution in [3.05, 3.63) is 0 Å². The Morgan fingerprint density at radius 3 is 2.78 bits per heavy atom. The first kappa shape index (κ1) is 12.9. The maximum atomic E-state index is 11.9. The fourth-order valence-corrected chi connectivity index (χ4v) is 2.64. The zero-order valence-corrected chi connectivity index (χ0v) is 10.3. The quantitative estimate of drug-likeness (QED) is 0.770. The molecule has 18 heavy (non-hydrogen) atoms. The van der Waals surface area contributed by atoms with Crippen molar-refractivity contribution in [1.82, 2.24) is 9.80 Å². The van der Waals surface area contributed by atoms with E-state index >= 15 is 0 Å². The Balaban J connectivity index is 1.79. The van der Waals surface area contributed by atoms with Crippen molar-refractivity contribution in [3.63, 3.8) is 0 Å². The maximum Gasteiger partial charge on any atom is 0.303 e. The summed E-state index contributed by atoms with van der Waals surface area (Å²) in [4.78, 5) is 37.4. The second-order valence-corrected chi connectivity index (χ2v) is 4.87. The SMILES string of the molecule is O=C(O)CCCC(=O)N1CCN2C(=O)CCC2C1. The number of carbonyl (C=O) groups is 3. The van der Waals surface area contributed by atoms with E-state index in [1.54, 1.807) is 4.90 Å². The molecule has 6 heteroatoms. The molecule has 0 aromatic rings. The number of fused-ring (bicyclic) bond motifs is 1. The zero-order valence-electron chi connectivity index (χ0n) is 10.3. The molecular formula is C12H18N2O4. The highest BCUT2D eigenvalue weighted by Gasteiger charge is 2.36. The highest BCUT2D eigenvalue weighted by molar-refractivity contribution is 5.80. The number of carbonyl (C=O) groups excluding carboxylic acids is 2. The van der Waals surface area contributed by atoms with Gasteiger partial charge >= 0.3 is 5.97 Å². The molecule has 1 atom stereocenters. The smallest absolute Gasteiger partial charge is 0.303 e. The van der Waals surface area contributed by atoms with Gasteiger partial charge in [-0.1, -0.05) is 0 Å². The first-order valence-corrected chi connectivity index (χ1v) is 6.37. The van der Waals surface area contributed by atoms with Crippen molar-refractivity contribution in [2.75, 3.05) is 19.6 Å². The van der Waals surface area contributed by atoms with Crippen LogP contribution >= 0.6 is 0 Å². The molecule has 2 amide bonds. The van der Waals surface area contributed by atoms with Crippen molar-refractivity contribution in [3.8, 4) is 0 Å². The fourth-order valence-electron chi connectivity index (χ4n) is 2.64. The van der Waals surface area contributed by atoms with E-state index in [4.69, 9.17) is 5.11 Å². The van der Waals surface area contributed by atoms with Gasteiger partial charge in [-0.15, -0.1) is 0 Å². The van der Waals surface area contributed by atoms with Gasteiger partial charge in [0.15, 0.2) is 0 Å². The molecule has 2 saturated heterocycles. The van der Waals surface area contributed by atoms with Gasteiger partial charge in [0.05, 0.1) is 0 Å². The van der Waals surface area contributed by atoms with Gasteiger partial charge in [0, 0.05) is 44.9 Å². The van der Waals surface area contributed by atoms with Gasteiger partial charge in [0.1, 0.15) is 0 Å². The van der Waals surface area contributed by atoms with Gasteiger partial charge in [0.25, 0.3) is 0 Å². The molecule has 0 radical (unpaired) electrons. The predicted molar refractivity (Wildman–Crippen MR) is 62.8 cm³/mol. The Hall–Kier alpha value is -1.59. The molecule has 2 rings (SSSR count). The third-order valence-corrected chi connectivity index (χ3v) is 3.63. The summed E-state index contributed by atoms with van der Waals surface area (Å²) in [6.45, 7) is 1.81. The number of piperazine rings is 1. The van der Waals surface area contributed by atoms with Crippen LogP contribution in [0.15, 0.2) is 0 Å². The van der Waals surface area contributed by atoms with Crippen molar-refractivity contribution in [1.29, 1.82) is 0 Å². The van der Waals surface area contributed by atoms with Crippen LogP contribution in [-0.2, 0) is 14.4 Å². The Morgan fingerprint density at radius 1 is 1.28 bits per heavy atom. The average Bonchev–Trinajstić information content (AvgIpc) is 2.70. The molecule has 100 valence electrons. The van der Waals surface area contributed by atoms with Gasteiger partial charge in [-0.25, -0.2) is 0 Å². The first-order chi connectivity index (χ1) is 8.58. The highest BCUT2D eigenvalue weighted by Crippen LogP contribution is 2.23. The number of rotatable bonds is 4. The summed E-state index contributed by atoms with van der Waals surface area (Å²) in [5.74, 6) is -0.665. The Kier molecular flexibility index (Phi) is 3.84. The Labute approximate surface area is 106 Å². The number of aliphatic carboxylic acids is 1. The lowest BCUT2D eigenvalue weighted by Gasteiger charge is -2.37. The van der Waals surface area contributed by atoms with Gasteiger partial charge in [0.2, 0.25) is 11.8 Å². The fraction of sp³-hybridized carbons (Fsp3) is 0.750.